The number of carboxylic acids is 1. The molecule has 0 heterocycles. The molecule has 0 rings (SSSR count). The number of carbonyl (C=O) groups excluding carboxylic acids is 1. The van der Waals surface area contributed by atoms with Gasteiger partial charge in [-0.05, 0) is 0 Å². The molecule has 2 N–H and O–H groups in total. The van der Waals surface area contributed by atoms with Gasteiger partial charge in [0.2, 0.25) is 5.91 Å². The number of carboxylic acid groups (broad SMARTS) is 1. The number of carbonyl (C=O) groups is 2. The van der Waals surface area contributed by atoms with Crippen molar-refractivity contribution in [2.24, 2.45) is 0 Å². The predicted octanol–water partition coefficient (Wildman–Crippen LogP) is 0.401. The molecule has 0 saturated carbocycles. The molecular formula is C6H10INO3. The molecule has 0 saturated heterocycles. The van der Waals surface area contributed by atoms with E-state index in [1.54, 1.807) is 0 Å². The number of amides is 1. The van der Waals surface area contributed by atoms with Crippen molar-refractivity contribution < 1.29 is 14.7 Å². The molecule has 64 valence electrons. The SMILES string of the molecule is CC(=O)NC(CI)CC(=O)O. The van der Waals surface area contributed by atoms with Crippen LogP contribution in [-0.2, 0) is 9.59 Å². The molecule has 0 fully saturated rings. The van der Waals surface area contributed by atoms with E-state index in [1.807, 2.05) is 22.6 Å². The summed E-state index contributed by atoms with van der Waals surface area (Å²) in [5.41, 5.74) is 0. The Kier molecular flexibility index (Phi) is 5.18. The summed E-state index contributed by atoms with van der Waals surface area (Å²) in [6, 6.07) is -0.245. The lowest BCUT2D eigenvalue weighted by Gasteiger charge is -2.11. The average molecular weight is 271 g/mol. The van der Waals surface area contributed by atoms with Crippen LogP contribution in [0.15, 0.2) is 0 Å². The van der Waals surface area contributed by atoms with Gasteiger partial charge in [0.05, 0.1) is 6.42 Å². The molecule has 0 aliphatic carbocycles. The summed E-state index contributed by atoms with van der Waals surface area (Å²) in [4.78, 5) is 20.7. The minimum absolute atomic E-state index is 0.0114. The van der Waals surface area contributed by atoms with E-state index in [0.717, 1.165) is 0 Å². The van der Waals surface area contributed by atoms with Gasteiger partial charge < -0.3 is 10.4 Å². The first-order chi connectivity index (χ1) is 5.06. The van der Waals surface area contributed by atoms with Gasteiger partial charge in [-0.15, -0.1) is 0 Å². The highest BCUT2D eigenvalue weighted by molar-refractivity contribution is 14.1. The zero-order valence-corrected chi connectivity index (χ0v) is 8.29. The molecule has 0 radical (unpaired) electrons. The highest BCUT2D eigenvalue weighted by Crippen LogP contribution is 1.97. The van der Waals surface area contributed by atoms with Gasteiger partial charge in [0.1, 0.15) is 0 Å². The molecule has 1 unspecified atom stereocenters. The highest BCUT2D eigenvalue weighted by atomic mass is 127. The second kappa shape index (κ2) is 5.34. The van der Waals surface area contributed by atoms with Gasteiger partial charge in [0.25, 0.3) is 0 Å². The van der Waals surface area contributed by atoms with Gasteiger partial charge in [-0.1, -0.05) is 22.6 Å². The fraction of sp³-hybridized carbons (Fsp3) is 0.667. The van der Waals surface area contributed by atoms with Crippen LogP contribution in [-0.4, -0.2) is 27.5 Å². The van der Waals surface area contributed by atoms with E-state index in [1.165, 1.54) is 6.92 Å². The minimum Gasteiger partial charge on any atom is -0.481 e. The molecule has 0 aromatic carbocycles. The van der Waals surface area contributed by atoms with Gasteiger partial charge in [0, 0.05) is 17.4 Å². The van der Waals surface area contributed by atoms with E-state index < -0.39 is 5.97 Å². The van der Waals surface area contributed by atoms with Crippen LogP contribution in [0.1, 0.15) is 13.3 Å². The lowest BCUT2D eigenvalue weighted by atomic mass is 10.2. The van der Waals surface area contributed by atoms with Gasteiger partial charge in [-0.25, -0.2) is 0 Å². The monoisotopic (exact) mass is 271 g/mol. The average Bonchev–Trinajstić information content (AvgIpc) is 1.84. The molecule has 11 heavy (non-hydrogen) atoms. The summed E-state index contributed by atoms with van der Waals surface area (Å²) in [6.07, 6.45) is -0.0114. The van der Waals surface area contributed by atoms with E-state index >= 15 is 0 Å². The fourth-order valence-corrected chi connectivity index (χ4v) is 1.17. The molecule has 1 atom stereocenters. The number of hydrogen-bond acceptors (Lipinski definition) is 2. The third kappa shape index (κ3) is 6.08. The topological polar surface area (TPSA) is 66.4 Å². The number of nitrogens with one attached hydrogen (secondary N) is 1. The Morgan fingerprint density at radius 2 is 2.18 bits per heavy atom. The van der Waals surface area contributed by atoms with Gasteiger partial charge >= 0.3 is 5.97 Å². The smallest absolute Gasteiger partial charge is 0.305 e. The fourth-order valence-electron chi connectivity index (χ4n) is 0.642. The molecule has 0 aromatic heterocycles. The lowest BCUT2D eigenvalue weighted by Crippen LogP contribution is -2.36. The Balaban J connectivity index is 3.76. The van der Waals surface area contributed by atoms with Crippen molar-refractivity contribution in [2.75, 3.05) is 4.43 Å². The van der Waals surface area contributed by atoms with Gasteiger partial charge in [-0.3, -0.25) is 9.59 Å². The van der Waals surface area contributed by atoms with Crippen molar-refractivity contribution in [3.05, 3.63) is 0 Å². The number of hydrogen-bond donors (Lipinski definition) is 2. The van der Waals surface area contributed by atoms with E-state index in [9.17, 15) is 9.59 Å². The Morgan fingerprint density at radius 1 is 1.64 bits per heavy atom. The van der Waals surface area contributed by atoms with Gasteiger partial charge in [0.15, 0.2) is 0 Å². The lowest BCUT2D eigenvalue weighted by molar-refractivity contribution is -0.137. The van der Waals surface area contributed by atoms with Crippen molar-refractivity contribution >= 4 is 34.5 Å². The summed E-state index contributed by atoms with van der Waals surface area (Å²) in [5, 5.41) is 10.9. The first-order valence-corrected chi connectivity index (χ1v) is 4.63. The largest absolute Gasteiger partial charge is 0.481 e. The Bertz CT molecular complexity index is 144. The molecule has 1 amide bonds. The molecule has 0 spiro atoms. The van der Waals surface area contributed by atoms with Crippen molar-refractivity contribution in [2.45, 2.75) is 19.4 Å². The van der Waals surface area contributed by atoms with Crippen LogP contribution in [0.2, 0.25) is 0 Å². The zero-order valence-electron chi connectivity index (χ0n) is 6.13. The summed E-state index contributed by atoms with van der Waals surface area (Å²) < 4.78 is 0.615. The van der Waals surface area contributed by atoms with Crippen molar-refractivity contribution in [3.8, 4) is 0 Å². The Morgan fingerprint density at radius 3 is 2.45 bits per heavy atom. The summed E-state index contributed by atoms with van der Waals surface area (Å²) >= 11 is 2.04. The van der Waals surface area contributed by atoms with E-state index in [4.69, 9.17) is 5.11 Å². The van der Waals surface area contributed by atoms with Crippen LogP contribution in [0, 0.1) is 0 Å². The maximum Gasteiger partial charge on any atom is 0.305 e. The first kappa shape index (κ1) is 10.7. The highest BCUT2D eigenvalue weighted by Gasteiger charge is 2.11. The molecular weight excluding hydrogens is 261 g/mol. The Labute approximate surface area is 78.5 Å². The molecule has 0 aromatic rings. The first-order valence-electron chi connectivity index (χ1n) is 3.11. The van der Waals surface area contributed by atoms with Crippen molar-refractivity contribution in [3.63, 3.8) is 0 Å². The second-order valence-electron chi connectivity index (χ2n) is 2.15. The van der Waals surface area contributed by atoms with E-state index in [0.29, 0.717) is 4.43 Å². The maximum atomic E-state index is 10.5. The standard InChI is InChI=1S/C6H10INO3/c1-4(9)8-5(3-7)2-6(10)11/h5H,2-3H2,1H3,(H,8,9)(H,10,11). The molecule has 0 bridgehead atoms. The molecule has 5 heteroatoms. The number of aliphatic carboxylic acids is 1. The summed E-state index contributed by atoms with van der Waals surface area (Å²) in [5.74, 6) is -1.08. The van der Waals surface area contributed by atoms with Crippen molar-refractivity contribution in [1.82, 2.24) is 5.32 Å². The third-order valence-corrected chi connectivity index (χ3v) is 2.08. The van der Waals surface area contributed by atoms with Crippen LogP contribution in [0.5, 0.6) is 0 Å². The molecule has 0 aliphatic heterocycles. The van der Waals surface area contributed by atoms with Crippen LogP contribution in [0.4, 0.5) is 0 Å². The normalized spacial score (nSPS) is 12.2. The van der Waals surface area contributed by atoms with Crippen LogP contribution >= 0.6 is 22.6 Å². The predicted molar refractivity (Wildman–Crippen MR) is 48.7 cm³/mol. The van der Waals surface area contributed by atoms with Crippen LogP contribution in [0.3, 0.4) is 0 Å². The Hall–Kier alpha value is -0.330. The molecule has 0 aliphatic rings. The van der Waals surface area contributed by atoms with Crippen LogP contribution < -0.4 is 5.32 Å². The quantitative estimate of drug-likeness (QED) is 0.574. The molecule has 4 nitrogen and oxygen atoms in total. The number of rotatable bonds is 4. The van der Waals surface area contributed by atoms with E-state index in [-0.39, 0.29) is 18.4 Å². The maximum absolute atomic E-state index is 10.5. The second-order valence-corrected chi connectivity index (χ2v) is 3.03. The third-order valence-electron chi connectivity index (χ3n) is 1.01. The summed E-state index contributed by atoms with van der Waals surface area (Å²) in [6.45, 7) is 1.38. The minimum atomic E-state index is -0.889. The van der Waals surface area contributed by atoms with Crippen LogP contribution in [0.25, 0.3) is 0 Å². The van der Waals surface area contributed by atoms with E-state index in [2.05, 4.69) is 5.32 Å². The number of halogens is 1. The number of alkyl halides is 1. The van der Waals surface area contributed by atoms with Gasteiger partial charge in [-0.2, -0.15) is 0 Å². The summed E-state index contributed by atoms with van der Waals surface area (Å²) in [7, 11) is 0. The zero-order chi connectivity index (χ0) is 8.85. The van der Waals surface area contributed by atoms with Crippen molar-refractivity contribution in [1.29, 1.82) is 0 Å².